The third-order valence-corrected chi connectivity index (χ3v) is 5.15. The Bertz CT molecular complexity index is 435. The van der Waals surface area contributed by atoms with Crippen LogP contribution in [-0.2, 0) is 0 Å². The van der Waals surface area contributed by atoms with Gasteiger partial charge in [-0.2, -0.15) is 0 Å². The summed E-state index contributed by atoms with van der Waals surface area (Å²) in [5.74, 6) is 0.373. The van der Waals surface area contributed by atoms with Gasteiger partial charge >= 0.3 is 0 Å². The summed E-state index contributed by atoms with van der Waals surface area (Å²) in [6.45, 7) is 6.61. The number of hydrogen-bond acceptors (Lipinski definition) is 3. The van der Waals surface area contributed by atoms with E-state index < -0.39 is 6.10 Å². The summed E-state index contributed by atoms with van der Waals surface area (Å²) in [6.07, 6.45) is 4.27. The fourth-order valence-electron chi connectivity index (χ4n) is 2.95. The highest BCUT2D eigenvalue weighted by Crippen LogP contribution is 2.39. The predicted octanol–water partition coefficient (Wildman–Crippen LogP) is 4.13. The van der Waals surface area contributed by atoms with E-state index in [-0.39, 0.29) is 10.8 Å². The Balaban J connectivity index is 2.18. The molecule has 3 heteroatoms. The minimum atomic E-state index is -0.417. The van der Waals surface area contributed by atoms with Crippen molar-refractivity contribution in [3.8, 4) is 0 Å². The summed E-state index contributed by atoms with van der Waals surface area (Å²) in [4.78, 5) is 1.20. The molecule has 0 spiro atoms. The van der Waals surface area contributed by atoms with Gasteiger partial charge in [-0.05, 0) is 30.4 Å². The zero-order chi connectivity index (χ0) is 14.8. The Morgan fingerprint density at radius 3 is 2.40 bits per heavy atom. The van der Waals surface area contributed by atoms with Crippen LogP contribution < -0.4 is 5.73 Å². The Hall–Kier alpha value is -0.510. The second-order valence-corrected chi connectivity index (χ2v) is 8.68. The molecule has 2 atom stereocenters. The first-order chi connectivity index (χ1) is 9.38. The van der Waals surface area contributed by atoms with Crippen molar-refractivity contribution < 1.29 is 5.11 Å². The van der Waals surface area contributed by atoms with Gasteiger partial charge in [0.2, 0.25) is 0 Å². The van der Waals surface area contributed by atoms with Gasteiger partial charge in [0.1, 0.15) is 0 Å². The van der Waals surface area contributed by atoms with Crippen LogP contribution >= 0.6 is 11.8 Å². The average Bonchev–Trinajstić information content (AvgIpc) is 2.89. The molecule has 2 nitrogen and oxygen atoms in total. The lowest BCUT2D eigenvalue weighted by Crippen LogP contribution is -2.32. The minimum absolute atomic E-state index is 0.147. The van der Waals surface area contributed by atoms with Gasteiger partial charge in [-0.15, -0.1) is 11.8 Å². The number of hydrogen-bond donors (Lipinski definition) is 2. The standard InChI is InChI=1S/C17H27NOS/c1-17(2,3)20-14-11-7-6-10-13(14)15(18)16(19)12-8-4-5-9-12/h6-7,10-12,15-16,19H,4-5,8-9,18H2,1-3H3/t15-,16+/m0/s1. The second kappa shape index (κ2) is 6.50. The highest BCUT2D eigenvalue weighted by Gasteiger charge is 2.30. The second-order valence-electron chi connectivity index (χ2n) is 6.81. The van der Waals surface area contributed by atoms with Crippen LogP contribution in [0.4, 0.5) is 0 Å². The van der Waals surface area contributed by atoms with Gasteiger partial charge in [0.05, 0.1) is 12.1 Å². The van der Waals surface area contributed by atoms with E-state index in [1.807, 2.05) is 23.9 Å². The lowest BCUT2D eigenvalue weighted by Gasteiger charge is -2.28. The van der Waals surface area contributed by atoms with Crippen LogP contribution in [0.1, 0.15) is 58.1 Å². The van der Waals surface area contributed by atoms with Crippen molar-refractivity contribution in [3.63, 3.8) is 0 Å². The van der Waals surface area contributed by atoms with E-state index in [2.05, 4.69) is 32.9 Å². The number of aliphatic hydroxyl groups is 1. The number of aliphatic hydroxyl groups excluding tert-OH is 1. The summed E-state index contributed by atoms with van der Waals surface area (Å²) in [5.41, 5.74) is 7.46. The van der Waals surface area contributed by atoms with Crippen LogP contribution in [0.5, 0.6) is 0 Å². The van der Waals surface area contributed by atoms with E-state index in [0.29, 0.717) is 5.92 Å². The highest BCUT2D eigenvalue weighted by atomic mass is 32.2. The molecule has 3 N–H and O–H groups in total. The van der Waals surface area contributed by atoms with Crippen LogP contribution in [0.2, 0.25) is 0 Å². The molecule has 0 aromatic heterocycles. The van der Waals surface area contributed by atoms with Crippen LogP contribution in [0.25, 0.3) is 0 Å². The highest BCUT2D eigenvalue weighted by molar-refractivity contribution is 8.00. The largest absolute Gasteiger partial charge is 0.391 e. The summed E-state index contributed by atoms with van der Waals surface area (Å²) in [7, 11) is 0. The topological polar surface area (TPSA) is 46.2 Å². The van der Waals surface area contributed by atoms with Crippen molar-refractivity contribution >= 4 is 11.8 Å². The summed E-state index contributed by atoms with van der Waals surface area (Å²) < 4.78 is 0.147. The maximum atomic E-state index is 10.6. The van der Waals surface area contributed by atoms with Crippen molar-refractivity contribution in [2.45, 2.75) is 68.2 Å². The summed E-state index contributed by atoms with van der Waals surface area (Å²) in [5, 5.41) is 10.6. The molecule has 1 aromatic rings. The molecular weight excluding hydrogens is 266 g/mol. The Morgan fingerprint density at radius 1 is 1.20 bits per heavy atom. The first kappa shape index (κ1) is 15.9. The van der Waals surface area contributed by atoms with Crippen molar-refractivity contribution in [3.05, 3.63) is 29.8 Å². The molecule has 112 valence electrons. The first-order valence-electron chi connectivity index (χ1n) is 7.60. The van der Waals surface area contributed by atoms with E-state index in [9.17, 15) is 5.11 Å². The Kier molecular flexibility index (Phi) is 5.16. The van der Waals surface area contributed by atoms with Gasteiger partial charge < -0.3 is 10.8 Å². The minimum Gasteiger partial charge on any atom is -0.391 e. The van der Waals surface area contributed by atoms with E-state index in [1.54, 1.807) is 0 Å². The molecule has 1 fully saturated rings. The van der Waals surface area contributed by atoms with Crippen LogP contribution in [0, 0.1) is 5.92 Å². The van der Waals surface area contributed by atoms with Gasteiger partial charge in [0.25, 0.3) is 0 Å². The molecule has 0 saturated heterocycles. The molecular formula is C17H27NOS. The van der Waals surface area contributed by atoms with Gasteiger partial charge in [0, 0.05) is 9.64 Å². The lowest BCUT2D eigenvalue weighted by atomic mass is 9.91. The Labute approximate surface area is 127 Å². The van der Waals surface area contributed by atoms with Gasteiger partial charge in [-0.3, -0.25) is 0 Å². The third kappa shape index (κ3) is 4.00. The van der Waals surface area contributed by atoms with Crippen molar-refractivity contribution in [1.82, 2.24) is 0 Å². The van der Waals surface area contributed by atoms with Crippen LogP contribution in [0.15, 0.2) is 29.2 Å². The SMILES string of the molecule is CC(C)(C)Sc1ccccc1[C@H](N)[C@H](O)C1CCCC1. The monoisotopic (exact) mass is 293 g/mol. The molecule has 1 aliphatic rings. The van der Waals surface area contributed by atoms with E-state index in [0.717, 1.165) is 18.4 Å². The smallest absolute Gasteiger partial charge is 0.0761 e. The van der Waals surface area contributed by atoms with Gasteiger partial charge in [-0.1, -0.05) is 51.8 Å². The molecule has 1 aromatic carbocycles. The van der Waals surface area contributed by atoms with E-state index in [4.69, 9.17) is 5.73 Å². The molecule has 0 heterocycles. The molecule has 0 aliphatic heterocycles. The third-order valence-electron chi connectivity index (χ3n) is 3.95. The maximum absolute atomic E-state index is 10.6. The average molecular weight is 293 g/mol. The number of nitrogens with two attached hydrogens (primary N) is 1. The van der Waals surface area contributed by atoms with Gasteiger partial charge in [0.15, 0.2) is 0 Å². The van der Waals surface area contributed by atoms with Crippen LogP contribution in [0.3, 0.4) is 0 Å². The molecule has 1 saturated carbocycles. The van der Waals surface area contributed by atoms with Gasteiger partial charge in [-0.25, -0.2) is 0 Å². The fourth-order valence-corrected chi connectivity index (χ4v) is 4.08. The normalized spacial score (nSPS) is 20.1. The molecule has 0 unspecified atom stereocenters. The molecule has 0 radical (unpaired) electrons. The van der Waals surface area contributed by atoms with Crippen molar-refractivity contribution in [2.75, 3.05) is 0 Å². The summed E-state index contributed by atoms with van der Waals surface area (Å²) >= 11 is 1.82. The fraction of sp³-hybridized carbons (Fsp3) is 0.647. The van der Waals surface area contributed by atoms with E-state index >= 15 is 0 Å². The predicted molar refractivity (Wildman–Crippen MR) is 86.9 cm³/mol. The Morgan fingerprint density at radius 2 is 1.80 bits per heavy atom. The lowest BCUT2D eigenvalue weighted by molar-refractivity contribution is 0.0837. The summed E-state index contributed by atoms with van der Waals surface area (Å²) in [6, 6.07) is 7.97. The van der Waals surface area contributed by atoms with Crippen molar-refractivity contribution in [1.29, 1.82) is 0 Å². The zero-order valence-corrected chi connectivity index (χ0v) is 13.6. The molecule has 0 amide bonds. The maximum Gasteiger partial charge on any atom is 0.0761 e. The molecule has 1 aliphatic carbocycles. The zero-order valence-electron chi connectivity index (χ0n) is 12.8. The van der Waals surface area contributed by atoms with Crippen LogP contribution in [-0.4, -0.2) is 16.0 Å². The molecule has 2 rings (SSSR count). The number of rotatable bonds is 4. The van der Waals surface area contributed by atoms with Crippen molar-refractivity contribution in [2.24, 2.45) is 11.7 Å². The van der Waals surface area contributed by atoms with E-state index in [1.165, 1.54) is 17.7 Å². The first-order valence-corrected chi connectivity index (χ1v) is 8.42. The number of benzene rings is 1. The molecule has 0 bridgehead atoms. The quantitative estimate of drug-likeness (QED) is 0.821. The number of thioether (sulfide) groups is 1. The molecule has 20 heavy (non-hydrogen) atoms.